The van der Waals surface area contributed by atoms with E-state index in [1.807, 2.05) is 13.8 Å². The van der Waals surface area contributed by atoms with Gasteiger partial charge < -0.3 is 14.4 Å². The van der Waals surface area contributed by atoms with E-state index >= 15 is 0 Å². The van der Waals surface area contributed by atoms with Crippen LogP contribution in [0.1, 0.15) is 52.4 Å². The van der Waals surface area contributed by atoms with Gasteiger partial charge in [-0.2, -0.15) is 17.2 Å². The number of hydrogen-bond acceptors (Lipinski definition) is 8. The van der Waals surface area contributed by atoms with Gasteiger partial charge in [-0.15, -0.1) is 11.8 Å². The van der Waals surface area contributed by atoms with E-state index in [1.54, 1.807) is 4.90 Å². The van der Waals surface area contributed by atoms with Crippen LogP contribution in [-0.2, 0) is 34.0 Å². The van der Waals surface area contributed by atoms with E-state index in [2.05, 4.69) is 4.74 Å². The summed E-state index contributed by atoms with van der Waals surface area (Å²) in [6.45, 7) is 1.80. The zero-order valence-corrected chi connectivity index (χ0v) is 22.2. The second kappa shape index (κ2) is 8.27. The number of likely N-dealkylation sites (tertiary alicyclic amines) is 1. The topological polar surface area (TPSA) is 127 Å². The standard InChI is InChI=1S/C24H31F2NO8S2/c1-10(2)27-16-17(35-22(30)23-6-11-3-12(7-23)5-13(4-11)8-23)19-15(14(20(27)28)18(16)36-19)21(29)34-9-24(25,26)37(31,32)33/h10-19H,3-9H2,1-2H3,(H,31,32,33). The molecule has 37 heavy (non-hydrogen) atoms. The highest BCUT2D eigenvalue weighted by molar-refractivity contribution is 8.01. The lowest BCUT2D eigenvalue weighted by molar-refractivity contribution is -0.182. The molecule has 0 aromatic heterocycles. The van der Waals surface area contributed by atoms with Crippen molar-refractivity contribution >= 4 is 39.7 Å². The molecule has 7 rings (SSSR count). The van der Waals surface area contributed by atoms with Crippen LogP contribution in [0.25, 0.3) is 0 Å². The summed E-state index contributed by atoms with van der Waals surface area (Å²) in [4.78, 5) is 41.8. The molecule has 206 valence electrons. The maximum absolute atomic E-state index is 13.8. The number of alkyl halides is 2. The summed E-state index contributed by atoms with van der Waals surface area (Å²) in [5.74, 6) is -2.19. The molecule has 0 aromatic carbocycles. The molecular formula is C24H31F2NO8S2. The Morgan fingerprint density at radius 3 is 2.22 bits per heavy atom. The number of halogens is 2. The normalized spacial score (nSPS) is 43.7. The first-order valence-electron chi connectivity index (χ1n) is 12.9. The Labute approximate surface area is 218 Å². The van der Waals surface area contributed by atoms with Gasteiger partial charge in [0, 0.05) is 11.3 Å². The number of thioether (sulfide) groups is 1. The lowest BCUT2D eigenvalue weighted by Gasteiger charge is -2.55. The van der Waals surface area contributed by atoms with Gasteiger partial charge in [-0.1, -0.05) is 0 Å². The summed E-state index contributed by atoms with van der Waals surface area (Å²) in [6, 6.07) is -0.655. The molecule has 6 atom stereocenters. The lowest BCUT2D eigenvalue weighted by atomic mass is 9.49. The zero-order valence-electron chi connectivity index (χ0n) is 20.5. The van der Waals surface area contributed by atoms with E-state index in [1.165, 1.54) is 11.8 Å². The van der Waals surface area contributed by atoms with E-state index in [-0.39, 0.29) is 23.2 Å². The van der Waals surface area contributed by atoms with Gasteiger partial charge in [0.25, 0.3) is 0 Å². The number of ether oxygens (including phenoxy) is 2. The number of esters is 2. The van der Waals surface area contributed by atoms with Gasteiger partial charge in [0.15, 0.2) is 6.61 Å². The molecule has 9 nitrogen and oxygen atoms in total. The average molecular weight is 564 g/mol. The molecule has 3 saturated heterocycles. The molecule has 6 unspecified atom stereocenters. The van der Waals surface area contributed by atoms with Crippen LogP contribution in [-0.4, -0.2) is 76.3 Å². The summed E-state index contributed by atoms with van der Waals surface area (Å²) in [5.41, 5.74) is -0.542. The lowest BCUT2D eigenvalue weighted by Crippen LogP contribution is -2.55. The second-order valence-electron chi connectivity index (χ2n) is 12.2. The second-order valence-corrected chi connectivity index (χ2v) is 15.1. The maximum Gasteiger partial charge on any atom is 0.402 e. The summed E-state index contributed by atoms with van der Waals surface area (Å²) < 4.78 is 69.0. The number of amides is 1. The van der Waals surface area contributed by atoms with Crippen LogP contribution < -0.4 is 0 Å². The Balaban J connectivity index is 1.25. The fourth-order valence-electron chi connectivity index (χ4n) is 8.60. The molecule has 1 amide bonds. The molecule has 1 N–H and O–H groups in total. The number of nitrogens with zero attached hydrogens (tertiary/aromatic N) is 1. The van der Waals surface area contributed by atoms with Crippen molar-refractivity contribution in [3.8, 4) is 0 Å². The van der Waals surface area contributed by atoms with Crippen LogP contribution in [0.15, 0.2) is 0 Å². The first-order chi connectivity index (χ1) is 17.2. The summed E-state index contributed by atoms with van der Waals surface area (Å²) in [6.07, 6.45) is 5.04. The third-order valence-corrected chi connectivity index (χ3v) is 12.2. The largest absolute Gasteiger partial charge is 0.458 e. The van der Waals surface area contributed by atoms with Crippen LogP contribution >= 0.6 is 11.8 Å². The highest BCUT2D eigenvalue weighted by atomic mass is 32.2. The molecular weight excluding hydrogens is 532 g/mol. The molecule has 6 bridgehead atoms. The summed E-state index contributed by atoms with van der Waals surface area (Å²) in [5, 5.41) is -5.71. The van der Waals surface area contributed by atoms with E-state index in [9.17, 15) is 31.6 Å². The maximum atomic E-state index is 13.8. The number of fused-ring (bicyclic) bond motifs is 1. The smallest absolute Gasteiger partial charge is 0.402 e. The van der Waals surface area contributed by atoms with Gasteiger partial charge >= 0.3 is 27.3 Å². The number of carbonyl (C=O) groups excluding carboxylic acids is 3. The minimum Gasteiger partial charge on any atom is -0.458 e. The summed E-state index contributed by atoms with van der Waals surface area (Å²) >= 11 is 1.34. The Hall–Kier alpha value is -1.47. The van der Waals surface area contributed by atoms with E-state index < -0.39 is 62.6 Å². The van der Waals surface area contributed by atoms with Crippen molar-refractivity contribution in [2.75, 3.05) is 6.61 Å². The van der Waals surface area contributed by atoms with Crippen molar-refractivity contribution in [2.45, 2.75) is 86.3 Å². The Kier molecular flexibility index (Phi) is 5.76. The van der Waals surface area contributed by atoms with Crippen LogP contribution in [0.3, 0.4) is 0 Å². The van der Waals surface area contributed by atoms with E-state index in [0.717, 1.165) is 38.5 Å². The Bertz CT molecular complexity index is 1110. The first kappa shape index (κ1) is 25.8. The third-order valence-electron chi connectivity index (χ3n) is 9.57. The molecule has 7 fully saturated rings. The van der Waals surface area contributed by atoms with Crippen molar-refractivity contribution in [2.24, 2.45) is 35.0 Å². The van der Waals surface area contributed by atoms with Gasteiger partial charge in [0.1, 0.15) is 6.10 Å². The quantitative estimate of drug-likeness (QED) is 0.367. The minimum atomic E-state index is -5.78. The molecule has 0 spiro atoms. The van der Waals surface area contributed by atoms with E-state index in [4.69, 9.17) is 9.29 Å². The van der Waals surface area contributed by atoms with Gasteiger partial charge in [-0.3, -0.25) is 18.9 Å². The van der Waals surface area contributed by atoms with Crippen LogP contribution in [0.4, 0.5) is 8.78 Å². The Morgan fingerprint density at radius 1 is 1.14 bits per heavy atom. The van der Waals surface area contributed by atoms with E-state index in [0.29, 0.717) is 17.8 Å². The van der Waals surface area contributed by atoms with Crippen LogP contribution in [0.5, 0.6) is 0 Å². The highest BCUT2D eigenvalue weighted by Gasteiger charge is 2.72. The van der Waals surface area contributed by atoms with Gasteiger partial charge in [-0.25, -0.2) is 0 Å². The van der Waals surface area contributed by atoms with Gasteiger partial charge in [-0.05, 0) is 70.1 Å². The minimum absolute atomic E-state index is 0.233. The number of rotatable bonds is 7. The molecule has 7 aliphatic rings. The Morgan fingerprint density at radius 2 is 1.70 bits per heavy atom. The monoisotopic (exact) mass is 563 g/mol. The van der Waals surface area contributed by atoms with Crippen molar-refractivity contribution in [1.29, 1.82) is 0 Å². The SMILES string of the molecule is CC(C)N1C(=O)C2C3SC(C(OC(=O)C45CC6CC(CC(C6)C4)C5)C31)C2C(=O)OCC(F)(F)S(=O)(=O)O. The molecule has 0 radical (unpaired) electrons. The molecule has 3 aliphatic heterocycles. The molecule has 0 aromatic rings. The molecule has 13 heteroatoms. The fraction of sp³-hybridized carbons (Fsp3) is 0.875. The van der Waals surface area contributed by atoms with Crippen molar-refractivity contribution < 1.29 is 45.6 Å². The summed E-state index contributed by atoms with van der Waals surface area (Å²) in [7, 11) is -5.78. The fourth-order valence-corrected chi connectivity index (χ4v) is 10.9. The van der Waals surface area contributed by atoms with Gasteiger partial charge in [0.2, 0.25) is 5.91 Å². The first-order valence-corrected chi connectivity index (χ1v) is 15.3. The molecule has 3 heterocycles. The number of carbonyl (C=O) groups is 3. The van der Waals surface area contributed by atoms with Crippen LogP contribution in [0, 0.1) is 35.0 Å². The van der Waals surface area contributed by atoms with Crippen molar-refractivity contribution in [3.63, 3.8) is 0 Å². The van der Waals surface area contributed by atoms with Gasteiger partial charge in [0.05, 0.1) is 28.5 Å². The predicted octanol–water partition coefficient (Wildman–Crippen LogP) is 2.49. The third kappa shape index (κ3) is 3.76. The van der Waals surface area contributed by atoms with Crippen LogP contribution in [0.2, 0.25) is 0 Å². The number of hydrogen-bond donors (Lipinski definition) is 1. The average Bonchev–Trinajstić information content (AvgIpc) is 3.38. The highest BCUT2D eigenvalue weighted by Crippen LogP contribution is 2.63. The van der Waals surface area contributed by atoms with Crippen molar-refractivity contribution in [3.05, 3.63) is 0 Å². The molecule has 4 aliphatic carbocycles. The zero-order chi connectivity index (χ0) is 26.7. The predicted molar refractivity (Wildman–Crippen MR) is 126 cm³/mol. The molecule has 4 saturated carbocycles. The van der Waals surface area contributed by atoms with Crippen molar-refractivity contribution in [1.82, 2.24) is 4.90 Å².